The Balaban J connectivity index is 1.80. The summed E-state index contributed by atoms with van der Waals surface area (Å²) >= 11 is 1.21. The van der Waals surface area contributed by atoms with Gasteiger partial charge in [-0.3, -0.25) is 4.79 Å². The zero-order valence-corrected chi connectivity index (χ0v) is 15.1. The molecule has 3 rings (SSSR count). The molecule has 1 aromatic heterocycles. The highest BCUT2D eigenvalue weighted by Crippen LogP contribution is 2.29. The van der Waals surface area contributed by atoms with Crippen LogP contribution in [0.4, 0.5) is 9.93 Å². The Hall–Kier alpha value is -2.68. The van der Waals surface area contributed by atoms with E-state index in [1.807, 2.05) is 30.3 Å². The summed E-state index contributed by atoms with van der Waals surface area (Å²) in [6.45, 7) is 0. The van der Waals surface area contributed by atoms with Crippen molar-refractivity contribution in [3.63, 3.8) is 0 Å². The lowest BCUT2D eigenvalue weighted by Gasteiger charge is -2.35. The van der Waals surface area contributed by atoms with E-state index in [2.05, 4.69) is 20.8 Å². The molecule has 0 saturated heterocycles. The first-order valence-corrected chi connectivity index (χ1v) is 9.34. The van der Waals surface area contributed by atoms with Crippen LogP contribution in [0.5, 0.6) is 0 Å². The van der Waals surface area contributed by atoms with Gasteiger partial charge in [-0.15, -0.1) is 10.2 Å². The van der Waals surface area contributed by atoms with E-state index in [4.69, 9.17) is 11.5 Å². The van der Waals surface area contributed by atoms with E-state index in [1.54, 1.807) is 0 Å². The van der Waals surface area contributed by atoms with Gasteiger partial charge in [0.25, 0.3) is 0 Å². The molecule has 1 aromatic carbocycles. The molecular formula is C17H22N6O2S. The SMILES string of the molecule is NC(=O)C1(NC(=O)N[C@H](c2ccccc2)c2nnc(N)s2)CCCCC1. The molecule has 1 aliphatic carbocycles. The van der Waals surface area contributed by atoms with Crippen LogP contribution in [0.1, 0.15) is 48.7 Å². The van der Waals surface area contributed by atoms with Gasteiger partial charge in [0.2, 0.25) is 11.0 Å². The molecule has 1 atom stereocenters. The zero-order valence-electron chi connectivity index (χ0n) is 14.3. The molecule has 8 nitrogen and oxygen atoms in total. The fourth-order valence-corrected chi connectivity index (χ4v) is 3.96. The summed E-state index contributed by atoms with van der Waals surface area (Å²) in [4.78, 5) is 24.7. The van der Waals surface area contributed by atoms with E-state index in [1.165, 1.54) is 11.3 Å². The third-order valence-corrected chi connectivity index (χ3v) is 5.46. The average molecular weight is 374 g/mol. The lowest BCUT2D eigenvalue weighted by atomic mass is 9.81. The van der Waals surface area contributed by atoms with Gasteiger partial charge in [-0.2, -0.15) is 0 Å². The number of nitrogens with one attached hydrogen (secondary N) is 2. The largest absolute Gasteiger partial charge is 0.374 e. The van der Waals surface area contributed by atoms with Crippen LogP contribution in [0.2, 0.25) is 0 Å². The molecule has 1 aliphatic rings. The summed E-state index contributed by atoms with van der Waals surface area (Å²) in [6.07, 6.45) is 3.86. The van der Waals surface area contributed by atoms with Crippen LogP contribution >= 0.6 is 11.3 Å². The van der Waals surface area contributed by atoms with Crippen LogP contribution in [0.25, 0.3) is 0 Å². The van der Waals surface area contributed by atoms with Gasteiger partial charge in [0.05, 0.1) is 0 Å². The summed E-state index contributed by atoms with van der Waals surface area (Å²) < 4.78 is 0. The Labute approximate surface area is 155 Å². The van der Waals surface area contributed by atoms with Crippen molar-refractivity contribution in [1.29, 1.82) is 0 Å². The minimum absolute atomic E-state index is 0.323. The number of urea groups is 1. The molecule has 1 saturated carbocycles. The smallest absolute Gasteiger partial charge is 0.316 e. The standard InChI is InChI=1S/C17H22N6O2S/c18-14(24)17(9-5-2-6-10-17)21-16(25)20-12(11-7-3-1-4-8-11)13-22-23-15(19)26-13/h1,3-4,7-8,12H,2,5-6,9-10H2,(H2,18,24)(H2,19,23)(H2,20,21,25)/t12-/m1/s1. The molecule has 1 fully saturated rings. The first-order valence-electron chi connectivity index (χ1n) is 8.52. The highest BCUT2D eigenvalue weighted by atomic mass is 32.1. The number of nitrogens with zero attached hydrogens (tertiary/aromatic N) is 2. The normalized spacial score (nSPS) is 17.2. The monoisotopic (exact) mass is 374 g/mol. The highest BCUT2D eigenvalue weighted by molar-refractivity contribution is 7.15. The lowest BCUT2D eigenvalue weighted by Crippen LogP contribution is -2.60. The number of nitrogen functional groups attached to an aromatic ring is 1. The van der Waals surface area contributed by atoms with Crippen LogP contribution in [0, 0.1) is 0 Å². The molecule has 26 heavy (non-hydrogen) atoms. The topological polar surface area (TPSA) is 136 Å². The maximum Gasteiger partial charge on any atom is 0.316 e. The Kier molecular flexibility index (Phi) is 5.36. The third-order valence-electron chi connectivity index (χ3n) is 4.64. The molecular weight excluding hydrogens is 352 g/mol. The molecule has 1 heterocycles. The average Bonchev–Trinajstić information content (AvgIpc) is 3.07. The molecule has 9 heteroatoms. The van der Waals surface area contributed by atoms with Crippen molar-refractivity contribution in [2.75, 3.05) is 5.73 Å². The van der Waals surface area contributed by atoms with Crippen LogP contribution in [0.15, 0.2) is 30.3 Å². The van der Waals surface area contributed by atoms with Crippen LogP contribution in [0.3, 0.4) is 0 Å². The van der Waals surface area contributed by atoms with Crippen molar-refractivity contribution >= 4 is 28.4 Å². The summed E-state index contributed by atoms with van der Waals surface area (Å²) in [7, 11) is 0. The molecule has 0 bridgehead atoms. The van der Waals surface area contributed by atoms with E-state index in [-0.39, 0.29) is 0 Å². The number of anilines is 1. The number of aromatic nitrogens is 2. The van der Waals surface area contributed by atoms with Gasteiger partial charge in [0.15, 0.2) is 0 Å². The van der Waals surface area contributed by atoms with Gasteiger partial charge in [0.1, 0.15) is 16.6 Å². The predicted octanol–water partition coefficient (Wildman–Crippen LogP) is 1.70. The van der Waals surface area contributed by atoms with Crippen molar-refractivity contribution in [3.8, 4) is 0 Å². The molecule has 0 radical (unpaired) electrons. The number of carbonyl (C=O) groups excluding carboxylic acids is 2. The summed E-state index contributed by atoms with van der Waals surface area (Å²) in [5.41, 5.74) is 11.1. The fraction of sp³-hybridized carbons (Fsp3) is 0.412. The van der Waals surface area contributed by atoms with Crippen LogP contribution in [-0.2, 0) is 4.79 Å². The van der Waals surface area contributed by atoms with Crippen molar-refractivity contribution in [2.24, 2.45) is 5.73 Å². The van der Waals surface area contributed by atoms with E-state index < -0.39 is 23.5 Å². The molecule has 138 valence electrons. The number of rotatable bonds is 5. The molecule has 6 N–H and O–H groups in total. The molecule has 0 unspecified atom stereocenters. The number of carbonyl (C=O) groups is 2. The number of primary amides is 1. The number of nitrogens with two attached hydrogens (primary N) is 2. The second-order valence-corrected chi connectivity index (χ2v) is 7.47. The highest BCUT2D eigenvalue weighted by Gasteiger charge is 2.39. The maximum absolute atomic E-state index is 12.7. The Morgan fingerprint density at radius 2 is 1.81 bits per heavy atom. The first kappa shape index (κ1) is 18.1. The van der Waals surface area contributed by atoms with Gasteiger partial charge >= 0.3 is 6.03 Å². The minimum Gasteiger partial charge on any atom is -0.374 e. The van der Waals surface area contributed by atoms with Gasteiger partial charge in [0, 0.05) is 0 Å². The van der Waals surface area contributed by atoms with E-state index >= 15 is 0 Å². The van der Waals surface area contributed by atoms with Gasteiger partial charge in [-0.25, -0.2) is 4.79 Å². The number of benzene rings is 1. The number of amides is 3. The maximum atomic E-state index is 12.7. The molecule has 0 aliphatic heterocycles. The second kappa shape index (κ2) is 7.69. The third kappa shape index (κ3) is 3.93. The van der Waals surface area contributed by atoms with Gasteiger partial charge in [-0.05, 0) is 18.4 Å². The second-order valence-electron chi connectivity index (χ2n) is 6.43. The van der Waals surface area contributed by atoms with E-state index in [9.17, 15) is 9.59 Å². The Morgan fingerprint density at radius 1 is 1.12 bits per heavy atom. The Bertz CT molecular complexity index is 773. The zero-order chi connectivity index (χ0) is 18.6. The quantitative estimate of drug-likeness (QED) is 0.631. The first-order chi connectivity index (χ1) is 12.5. The number of hydrogen-bond donors (Lipinski definition) is 4. The van der Waals surface area contributed by atoms with Gasteiger partial charge in [-0.1, -0.05) is 60.9 Å². The van der Waals surface area contributed by atoms with Gasteiger partial charge < -0.3 is 22.1 Å². The van der Waals surface area contributed by atoms with Crippen LogP contribution < -0.4 is 22.1 Å². The summed E-state index contributed by atoms with van der Waals surface area (Å²) in [5.74, 6) is -0.497. The predicted molar refractivity (Wildman–Crippen MR) is 99.3 cm³/mol. The molecule has 0 spiro atoms. The van der Waals surface area contributed by atoms with Crippen molar-refractivity contribution < 1.29 is 9.59 Å². The van der Waals surface area contributed by atoms with Crippen molar-refractivity contribution in [3.05, 3.63) is 40.9 Å². The van der Waals surface area contributed by atoms with Crippen molar-refractivity contribution in [2.45, 2.75) is 43.7 Å². The van der Waals surface area contributed by atoms with E-state index in [0.29, 0.717) is 23.0 Å². The number of hydrogen-bond acceptors (Lipinski definition) is 6. The summed E-state index contributed by atoms with van der Waals surface area (Å²) in [5, 5.41) is 14.5. The minimum atomic E-state index is -0.996. The Morgan fingerprint density at radius 3 is 2.38 bits per heavy atom. The molecule has 3 amide bonds. The molecule has 2 aromatic rings. The van der Waals surface area contributed by atoms with Crippen molar-refractivity contribution in [1.82, 2.24) is 20.8 Å². The van der Waals surface area contributed by atoms with Crippen LogP contribution in [-0.4, -0.2) is 27.7 Å². The fourth-order valence-electron chi connectivity index (χ4n) is 3.27. The lowest BCUT2D eigenvalue weighted by molar-refractivity contribution is -0.125. The van der Waals surface area contributed by atoms with E-state index in [0.717, 1.165) is 24.8 Å². The summed E-state index contributed by atoms with van der Waals surface area (Å²) in [6, 6.07) is 8.42.